The summed E-state index contributed by atoms with van der Waals surface area (Å²) in [6, 6.07) is 13.5. The monoisotopic (exact) mass is 347 g/mol. The zero-order valence-corrected chi connectivity index (χ0v) is 14.6. The predicted molar refractivity (Wildman–Crippen MR) is 98.7 cm³/mol. The Morgan fingerprint density at radius 2 is 2.15 bits per heavy atom. The van der Waals surface area contributed by atoms with Gasteiger partial charge in [-0.3, -0.25) is 14.9 Å². The fraction of sp³-hybridized carbons (Fsp3) is 0.250. The number of benzene rings is 1. The minimum Gasteiger partial charge on any atom is -0.338 e. The summed E-state index contributed by atoms with van der Waals surface area (Å²) in [5.41, 5.74) is 5.39. The number of hydrogen-bond donors (Lipinski definition) is 3. The number of nitrogens with zero attached hydrogens (tertiary/aromatic N) is 2. The maximum atomic E-state index is 13.0. The summed E-state index contributed by atoms with van der Waals surface area (Å²) in [5, 5.41) is 13.7. The Labute approximate surface area is 152 Å². The van der Waals surface area contributed by atoms with Crippen molar-refractivity contribution in [1.82, 2.24) is 25.8 Å². The third kappa shape index (κ3) is 3.23. The zero-order chi connectivity index (χ0) is 17.9. The van der Waals surface area contributed by atoms with Crippen molar-refractivity contribution in [2.45, 2.75) is 25.9 Å². The molecule has 0 radical (unpaired) electrons. The molecule has 3 N–H and O–H groups in total. The number of H-pyrrole nitrogens is 1. The Kier molecular flexibility index (Phi) is 4.50. The maximum Gasteiger partial charge on any atom is 0.272 e. The van der Waals surface area contributed by atoms with E-state index in [0.717, 1.165) is 41.0 Å². The molecule has 6 nitrogen and oxygen atoms in total. The van der Waals surface area contributed by atoms with Crippen LogP contribution in [-0.4, -0.2) is 27.6 Å². The summed E-state index contributed by atoms with van der Waals surface area (Å²) in [6.45, 7) is 3.60. The van der Waals surface area contributed by atoms with Gasteiger partial charge in [0.2, 0.25) is 0 Å². The molecule has 0 aliphatic carbocycles. The highest BCUT2D eigenvalue weighted by Gasteiger charge is 2.25. The van der Waals surface area contributed by atoms with Crippen LogP contribution >= 0.6 is 0 Å². The van der Waals surface area contributed by atoms with Crippen molar-refractivity contribution >= 4 is 5.91 Å². The summed E-state index contributed by atoms with van der Waals surface area (Å²) in [5.74, 6) is -0.191. The van der Waals surface area contributed by atoms with Crippen LogP contribution in [0.1, 0.15) is 44.6 Å². The summed E-state index contributed by atoms with van der Waals surface area (Å²) < 4.78 is 0. The third-order valence-electron chi connectivity index (χ3n) is 4.66. The van der Waals surface area contributed by atoms with Crippen LogP contribution in [0.2, 0.25) is 0 Å². The Bertz CT molecular complexity index is 919. The van der Waals surface area contributed by atoms with E-state index < -0.39 is 0 Å². The Hall–Kier alpha value is -2.99. The summed E-state index contributed by atoms with van der Waals surface area (Å²) in [4.78, 5) is 17.4. The fourth-order valence-electron chi connectivity index (χ4n) is 3.34. The smallest absolute Gasteiger partial charge is 0.272 e. The molecule has 0 bridgehead atoms. The van der Waals surface area contributed by atoms with Crippen LogP contribution in [0, 0.1) is 6.92 Å². The molecule has 3 aromatic rings. The minimum absolute atomic E-state index is 0.191. The van der Waals surface area contributed by atoms with Gasteiger partial charge in [-0.25, -0.2) is 0 Å². The van der Waals surface area contributed by atoms with Gasteiger partial charge < -0.3 is 10.6 Å². The molecular weight excluding hydrogens is 326 g/mol. The van der Waals surface area contributed by atoms with E-state index in [2.05, 4.69) is 31.9 Å². The molecule has 1 aliphatic heterocycles. The lowest BCUT2D eigenvalue weighted by molar-refractivity contribution is 0.0936. The standard InChI is InChI=1S/C20H21N5O/c1-13-5-4-6-14(11-13)18(17-7-2-3-9-22-17)23-20(26)19-15-12-21-10-8-16(15)24-25-19/h2-7,9,11,18,21H,8,10,12H2,1H3,(H,23,26)(H,24,25). The number of aromatic amines is 1. The second-order valence-corrected chi connectivity index (χ2v) is 6.53. The molecule has 1 amide bonds. The highest BCUT2D eigenvalue weighted by Crippen LogP contribution is 2.23. The largest absolute Gasteiger partial charge is 0.338 e. The number of hydrogen-bond acceptors (Lipinski definition) is 4. The number of aryl methyl sites for hydroxylation is 1. The van der Waals surface area contributed by atoms with E-state index in [1.165, 1.54) is 0 Å². The van der Waals surface area contributed by atoms with Crippen LogP contribution in [0.5, 0.6) is 0 Å². The molecule has 0 spiro atoms. The Morgan fingerprint density at radius 3 is 2.96 bits per heavy atom. The molecule has 1 unspecified atom stereocenters. The summed E-state index contributed by atoms with van der Waals surface area (Å²) in [7, 11) is 0. The van der Waals surface area contributed by atoms with E-state index in [4.69, 9.17) is 0 Å². The van der Waals surface area contributed by atoms with Gasteiger partial charge in [0.1, 0.15) is 0 Å². The van der Waals surface area contributed by atoms with Gasteiger partial charge in [-0.2, -0.15) is 5.10 Å². The van der Waals surface area contributed by atoms with E-state index in [9.17, 15) is 4.79 Å². The first kappa shape index (κ1) is 16.5. The van der Waals surface area contributed by atoms with Gasteiger partial charge in [-0.05, 0) is 24.6 Å². The van der Waals surface area contributed by atoms with E-state index in [-0.39, 0.29) is 11.9 Å². The maximum absolute atomic E-state index is 13.0. The van der Waals surface area contributed by atoms with Crippen molar-refractivity contribution in [2.24, 2.45) is 0 Å². The first-order chi connectivity index (χ1) is 12.7. The first-order valence-corrected chi connectivity index (χ1v) is 8.77. The Morgan fingerprint density at radius 1 is 1.23 bits per heavy atom. The molecule has 3 heterocycles. The third-order valence-corrected chi connectivity index (χ3v) is 4.66. The van der Waals surface area contributed by atoms with Crippen LogP contribution in [-0.2, 0) is 13.0 Å². The van der Waals surface area contributed by atoms with Crippen molar-refractivity contribution in [3.05, 3.63) is 82.4 Å². The second kappa shape index (κ2) is 7.09. The molecule has 0 saturated heterocycles. The lowest BCUT2D eigenvalue weighted by atomic mass is 10.00. The number of carbonyl (C=O) groups is 1. The summed E-state index contributed by atoms with van der Waals surface area (Å²) >= 11 is 0. The topological polar surface area (TPSA) is 82.7 Å². The summed E-state index contributed by atoms with van der Waals surface area (Å²) in [6.07, 6.45) is 2.60. The molecule has 6 heteroatoms. The van der Waals surface area contributed by atoms with Crippen molar-refractivity contribution in [1.29, 1.82) is 0 Å². The highest BCUT2D eigenvalue weighted by atomic mass is 16.2. The average Bonchev–Trinajstić information content (AvgIpc) is 3.11. The van der Waals surface area contributed by atoms with Crippen LogP contribution in [0.3, 0.4) is 0 Å². The van der Waals surface area contributed by atoms with Gasteiger partial charge >= 0.3 is 0 Å². The minimum atomic E-state index is -0.326. The average molecular weight is 347 g/mol. The van der Waals surface area contributed by atoms with Crippen molar-refractivity contribution in [3.63, 3.8) is 0 Å². The number of amides is 1. The van der Waals surface area contributed by atoms with Gasteiger partial charge in [-0.1, -0.05) is 35.9 Å². The number of nitrogens with one attached hydrogen (secondary N) is 3. The molecule has 0 fully saturated rings. The molecule has 0 saturated carbocycles. The van der Waals surface area contributed by atoms with E-state index in [0.29, 0.717) is 12.2 Å². The number of fused-ring (bicyclic) bond motifs is 1. The molecular formula is C20H21N5O. The van der Waals surface area contributed by atoms with Crippen LogP contribution in [0.4, 0.5) is 0 Å². The van der Waals surface area contributed by atoms with Crippen LogP contribution in [0.25, 0.3) is 0 Å². The van der Waals surface area contributed by atoms with Gasteiger partial charge in [0.15, 0.2) is 5.69 Å². The first-order valence-electron chi connectivity index (χ1n) is 8.77. The second-order valence-electron chi connectivity index (χ2n) is 6.53. The van der Waals surface area contributed by atoms with Gasteiger partial charge in [0, 0.05) is 37.0 Å². The zero-order valence-electron chi connectivity index (χ0n) is 14.6. The van der Waals surface area contributed by atoms with Crippen LogP contribution < -0.4 is 10.6 Å². The molecule has 4 rings (SSSR count). The lowest BCUT2D eigenvalue weighted by Crippen LogP contribution is -2.32. The Balaban J connectivity index is 1.67. The molecule has 2 aromatic heterocycles. The molecule has 1 aromatic carbocycles. The predicted octanol–water partition coefficient (Wildman–Crippen LogP) is 2.28. The van der Waals surface area contributed by atoms with Crippen molar-refractivity contribution < 1.29 is 4.79 Å². The van der Waals surface area contributed by atoms with E-state index in [1.807, 2.05) is 43.3 Å². The quantitative estimate of drug-likeness (QED) is 0.676. The van der Waals surface area contributed by atoms with Gasteiger partial charge in [-0.15, -0.1) is 0 Å². The molecule has 132 valence electrons. The number of pyridine rings is 1. The number of rotatable bonds is 4. The number of carbonyl (C=O) groups excluding carboxylic acids is 1. The molecule has 1 atom stereocenters. The van der Waals surface area contributed by atoms with Gasteiger partial charge in [0.05, 0.1) is 11.7 Å². The van der Waals surface area contributed by atoms with Crippen molar-refractivity contribution in [3.8, 4) is 0 Å². The van der Waals surface area contributed by atoms with E-state index in [1.54, 1.807) is 6.20 Å². The highest BCUT2D eigenvalue weighted by molar-refractivity contribution is 5.94. The van der Waals surface area contributed by atoms with Crippen molar-refractivity contribution in [2.75, 3.05) is 6.54 Å². The molecule has 1 aliphatic rings. The van der Waals surface area contributed by atoms with Gasteiger partial charge in [0.25, 0.3) is 5.91 Å². The SMILES string of the molecule is Cc1cccc(C(NC(=O)c2n[nH]c3c2CNCC3)c2ccccn2)c1. The fourth-order valence-corrected chi connectivity index (χ4v) is 3.34. The molecule has 26 heavy (non-hydrogen) atoms. The lowest BCUT2D eigenvalue weighted by Gasteiger charge is -2.19. The van der Waals surface area contributed by atoms with Crippen LogP contribution in [0.15, 0.2) is 48.7 Å². The van der Waals surface area contributed by atoms with E-state index >= 15 is 0 Å². The normalized spacial score (nSPS) is 14.5. The number of aromatic nitrogens is 3.